The predicted molar refractivity (Wildman–Crippen MR) is 73.9 cm³/mol. The van der Waals surface area contributed by atoms with Crippen molar-refractivity contribution in [2.24, 2.45) is 0 Å². The van der Waals surface area contributed by atoms with Crippen LogP contribution in [0.25, 0.3) is 10.2 Å². The van der Waals surface area contributed by atoms with Crippen molar-refractivity contribution < 1.29 is 18.0 Å². The molecule has 1 amide bonds. The lowest BCUT2D eigenvalue weighted by molar-refractivity contribution is -0.144. The number of hydrogen-bond donors (Lipinski definition) is 2. The molecule has 2 N–H and O–H groups in total. The van der Waals surface area contributed by atoms with Crippen LogP contribution in [0.15, 0.2) is 22.6 Å². The van der Waals surface area contributed by atoms with Crippen molar-refractivity contribution in [3.63, 3.8) is 0 Å². The van der Waals surface area contributed by atoms with Crippen molar-refractivity contribution in [2.45, 2.75) is 12.7 Å². The molecule has 0 aromatic carbocycles. The van der Waals surface area contributed by atoms with Gasteiger partial charge >= 0.3 is 6.18 Å². The van der Waals surface area contributed by atoms with Crippen LogP contribution < -0.4 is 10.9 Å². The second-order valence-corrected chi connectivity index (χ2v) is 5.28. The molecular weight excluding hydrogens is 337 g/mol. The Balaban J connectivity index is 1.75. The Kier molecular flexibility index (Phi) is 3.60. The number of alkyl halides is 3. The summed E-state index contributed by atoms with van der Waals surface area (Å²) >= 11 is 1.18. The first-order valence-corrected chi connectivity index (χ1v) is 6.94. The third-order valence-corrected chi connectivity index (χ3v) is 3.65. The van der Waals surface area contributed by atoms with E-state index in [2.05, 4.69) is 20.4 Å². The van der Waals surface area contributed by atoms with Gasteiger partial charge in [-0.2, -0.15) is 18.2 Å². The van der Waals surface area contributed by atoms with Crippen molar-refractivity contribution in [2.75, 3.05) is 5.32 Å². The molecule has 0 radical (unpaired) electrons. The Bertz CT molecular complexity index is 928. The molecule has 0 aliphatic carbocycles. The van der Waals surface area contributed by atoms with Gasteiger partial charge in [0.05, 0.1) is 11.8 Å². The highest BCUT2D eigenvalue weighted by atomic mass is 32.1. The maximum Gasteiger partial charge on any atom is 0.451 e. The number of hydrogen-bond acceptors (Lipinski definition) is 6. The summed E-state index contributed by atoms with van der Waals surface area (Å²) in [7, 11) is 0. The van der Waals surface area contributed by atoms with Crippen LogP contribution >= 0.6 is 11.3 Å². The molecule has 3 rings (SSSR count). The third kappa shape index (κ3) is 3.06. The standard InChI is InChI=1S/C11H7F3N6O2S/c12-11(13,14)9-17-10(19-18-9)16-6(21)3-20-4-15-5-1-2-23-7(5)8(20)22/h1-2,4H,3H2,(H2,16,17,18,19,21). The van der Waals surface area contributed by atoms with Crippen molar-refractivity contribution in [3.05, 3.63) is 34.0 Å². The van der Waals surface area contributed by atoms with E-state index in [1.165, 1.54) is 17.7 Å². The normalized spacial score (nSPS) is 11.8. The van der Waals surface area contributed by atoms with Gasteiger partial charge in [0.1, 0.15) is 11.2 Å². The van der Waals surface area contributed by atoms with Crippen molar-refractivity contribution in [1.82, 2.24) is 24.7 Å². The minimum Gasteiger partial charge on any atom is -0.292 e. The van der Waals surface area contributed by atoms with Gasteiger partial charge in [-0.25, -0.2) is 4.98 Å². The van der Waals surface area contributed by atoms with Gasteiger partial charge in [0.25, 0.3) is 5.56 Å². The van der Waals surface area contributed by atoms with E-state index in [1.807, 2.05) is 0 Å². The summed E-state index contributed by atoms with van der Waals surface area (Å²) in [6.45, 7) is -0.421. The van der Waals surface area contributed by atoms with Gasteiger partial charge in [-0.1, -0.05) is 0 Å². The molecule has 0 aliphatic rings. The lowest BCUT2D eigenvalue weighted by Gasteiger charge is -2.04. The largest absolute Gasteiger partial charge is 0.451 e. The fourth-order valence-electron chi connectivity index (χ4n) is 1.76. The molecule has 8 nitrogen and oxygen atoms in total. The first-order valence-electron chi connectivity index (χ1n) is 6.06. The Morgan fingerprint density at radius 3 is 2.91 bits per heavy atom. The summed E-state index contributed by atoms with van der Waals surface area (Å²) in [6, 6.07) is 1.66. The lowest BCUT2D eigenvalue weighted by Crippen LogP contribution is -2.27. The number of anilines is 1. The number of rotatable bonds is 3. The minimum atomic E-state index is -4.69. The number of carbonyl (C=O) groups excluding carboxylic acids is 1. The van der Waals surface area contributed by atoms with Crippen molar-refractivity contribution in [1.29, 1.82) is 0 Å². The number of thiophene rings is 1. The second-order valence-electron chi connectivity index (χ2n) is 4.37. The molecule has 120 valence electrons. The average molecular weight is 344 g/mol. The maximum absolute atomic E-state index is 12.4. The SMILES string of the molecule is O=C(Cn1cnc2ccsc2c1=O)Nc1n[nH]c(C(F)(F)F)n1. The van der Waals surface area contributed by atoms with E-state index >= 15 is 0 Å². The zero-order chi connectivity index (χ0) is 16.6. The zero-order valence-electron chi connectivity index (χ0n) is 11.1. The molecule has 0 aliphatic heterocycles. The highest BCUT2D eigenvalue weighted by Crippen LogP contribution is 2.26. The monoisotopic (exact) mass is 344 g/mol. The van der Waals surface area contributed by atoms with Gasteiger partial charge in [0.2, 0.25) is 17.7 Å². The molecule has 3 aromatic rings. The number of aromatic nitrogens is 5. The summed E-state index contributed by atoms with van der Waals surface area (Å²) in [5.41, 5.74) is 0.103. The van der Waals surface area contributed by atoms with E-state index in [0.29, 0.717) is 10.2 Å². The number of nitrogens with zero attached hydrogens (tertiary/aromatic N) is 4. The highest BCUT2D eigenvalue weighted by Gasteiger charge is 2.35. The fraction of sp³-hybridized carbons (Fsp3) is 0.182. The molecule has 0 fully saturated rings. The molecule has 3 aromatic heterocycles. The summed E-state index contributed by atoms with van der Waals surface area (Å²) < 4.78 is 38.5. The van der Waals surface area contributed by atoms with Crippen LogP contribution in [0, 0.1) is 0 Å². The van der Waals surface area contributed by atoms with Crippen molar-refractivity contribution in [3.8, 4) is 0 Å². The van der Waals surface area contributed by atoms with E-state index in [9.17, 15) is 22.8 Å². The van der Waals surface area contributed by atoms with Gasteiger partial charge in [-0.15, -0.1) is 16.4 Å². The van der Waals surface area contributed by atoms with E-state index in [0.717, 1.165) is 4.57 Å². The van der Waals surface area contributed by atoms with Crippen LogP contribution in [0.5, 0.6) is 0 Å². The maximum atomic E-state index is 12.4. The van der Waals surface area contributed by atoms with E-state index < -0.39 is 36.0 Å². The van der Waals surface area contributed by atoms with Crippen LogP contribution in [0.1, 0.15) is 5.82 Å². The molecule has 23 heavy (non-hydrogen) atoms. The number of nitrogens with one attached hydrogen (secondary N) is 2. The van der Waals surface area contributed by atoms with Gasteiger partial charge in [-0.3, -0.25) is 24.6 Å². The molecule has 0 saturated carbocycles. The third-order valence-electron chi connectivity index (χ3n) is 2.75. The number of fused-ring (bicyclic) bond motifs is 1. The lowest BCUT2D eigenvalue weighted by atomic mass is 10.4. The Morgan fingerprint density at radius 2 is 2.22 bits per heavy atom. The van der Waals surface area contributed by atoms with Gasteiger partial charge in [0, 0.05) is 0 Å². The predicted octanol–water partition coefficient (Wildman–Crippen LogP) is 1.23. The summed E-state index contributed by atoms with van der Waals surface area (Å²) in [5.74, 6) is -2.61. The molecular formula is C11H7F3N6O2S. The number of halogens is 3. The van der Waals surface area contributed by atoms with E-state index in [-0.39, 0.29) is 0 Å². The van der Waals surface area contributed by atoms with Gasteiger partial charge in [0.15, 0.2) is 0 Å². The molecule has 0 bridgehead atoms. The summed E-state index contributed by atoms with van der Waals surface area (Å²) in [6.07, 6.45) is -3.50. The Hall–Kier alpha value is -2.76. The molecule has 0 unspecified atom stereocenters. The van der Waals surface area contributed by atoms with Crippen LogP contribution in [-0.2, 0) is 17.5 Å². The quantitative estimate of drug-likeness (QED) is 0.743. The first kappa shape index (κ1) is 15.1. The van der Waals surface area contributed by atoms with Crippen LogP contribution in [0.3, 0.4) is 0 Å². The Labute approximate surface area is 129 Å². The van der Waals surface area contributed by atoms with Crippen LogP contribution in [0.2, 0.25) is 0 Å². The highest BCUT2D eigenvalue weighted by molar-refractivity contribution is 7.17. The smallest absolute Gasteiger partial charge is 0.292 e. The van der Waals surface area contributed by atoms with Crippen molar-refractivity contribution >= 4 is 33.4 Å². The van der Waals surface area contributed by atoms with Crippen LogP contribution in [-0.4, -0.2) is 30.6 Å². The molecule has 3 heterocycles. The van der Waals surface area contributed by atoms with Gasteiger partial charge < -0.3 is 0 Å². The minimum absolute atomic E-state index is 0.387. The first-order chi connectivity index (χ1) is 10.8. The van der Waals surface area contributed by atoms with E-state index in [4.69, 9.17) is 0 Å². The van der Waals surface area contributed by atoms with E-state index in [1.54, 1.807) is 16.5 Å². The van der Waals surface area contributed by atoms with Crippen LogP contribution in [0.4, 0.5) is 19.1 Å². The van der Waals surface area contributed by atoms with Gasteiger partial charge in [-0.05, 0) is 11.4 Å². The topological polar surface area (TPSA) is 106 Å². The molecule has 0 saturated heterocycles. The number of carbonyl (C=O) groups is 1. The molecule has 12 heteroatoms. The summed E-state index contributed by atoms with van der Waals surface area (Å²) in [4.78, 5) is 31.0. The zero-order valence-corrected chi connectivity index (χ0v) is 11.9. The fourth-order valence-corrected chi connectivity index (χ4v) is 2.55. The number of H-pyrrole nitrogens is 1. The summed E-state index contributed by atoms with van der Waals surface area (Å²) in [5, 5.41) is 8.67. The second kappa shape index (κ2) is 5.46. The number of aromatic amines is 1. The molecule has 0 spiro atoms. The molecule has 0 atom stereocenters. The number of amides is 1. The Morgan fingerprint density at radius 1 is 1.43 bits per heavy atom. The average Bonchev–Trinajstić information content (AvgIpc) is 3.10.